The summed E-state index contributed by atoms with van der Waals surface area (Å²) in [5.74, 6) is 0.752. The van der Waals surface area contributed by atoms with E-state index in [0.29, 0.717) is 19.0 Å². The monoisotopic (exact) mass is 276 g/mol. The lowest BCUT2D eigenvalue weighted by atomic mass is 9.78. The predicted molar refractivity (Wildman–Crippen MR) is 79.1 cm³/mol. The molecule has 1 saturated carbocycles. The Hall–Kier alpha value is -1.55. The summed E-state index contributed by atoms with van der Waals surface area (Å²) >= 11 is 0. The Balaban J connectivity index is 2.03. The zero-order chi connectivity index (χ0) is 14.5. The van der Waals surface area contributed by atoms with Gasteiger partial charge in [0.15, 0.2) is 0 Å². The molecule has 0 heterocycles. The van der Waals surface area contributed by atoms with Crippen LogP contribution in [-0.2, 0) is 11.3 Å². The number of aromatic hydroxyl groups is 1. The van der Waals surface area contributed by atoms with Gasteiger partial charge >= 0.3 is 0 Å². The molecule has 1 aliphatic carbocycles. The van der Waals surface area contributed by atoms with Crippen LogP contribution in [0.1, 0.15) is 31.2 Å². The van der Waals surface area contributed by atoms with Crippen LogP contribution in [0.4, 0.5) is 0 Å². The van der Waals surface area contributed by atoms with Crippen molar-refractivity contribution in [3.05, 3.63) is 29.8 Å². The van der Waals surface area contributed by atoms with Crippen LogP contribution in [0.25, 0.3) is 0 Å². The molecule has 4 nitrogen and oxygen atoms in total. The summed E-state index contributed by atoms with van der Waals surface area (Å²) in [6.45, 7) is 1.03. The molecule has 1 aromatic carbocycles. The van der Waals surface area contributed by atoms with Gasteiger partial charge in [-0.1, -0.05) is 31.0 Å². The molecule has 0 aliphatic heterocycles. The molecule has 0 aromatic heterocycles. The topological polar surface area (TPSA) is 66.6 Å². The standard InChI is InChI=1S/C16H24N2O2/c1-18(11-13-7-3-5-9-15(13)19)16(20)14-8-4-2-6-12(14)10-17/h3,5,7,9,12,14,19H,2,4,6,8,10-11,17H2,1H3. The molecular weight excluding hydrogens is 252 g/mol. The van der Waals surface area contributed by atoms with E-state index in [9.17, 15) is 9.90 Å². The minimum atomic E-state index is 0.0459. The maximum Gasteiger partial charge on any atom is 0.226 e. The number of nitrogens with two attached hydrogens (primary N) is 1. The highest BCUT2D eigenvalue weighted by molar-refractivity contribution is 5.79. The summed E-state index contributed by atoms with van der Waals surface area (Å²) in [6.07, 6.45) is 4.27. The number of phenolic OH excluding ortho intramolecular Hbond substituents is 1. The molecule has 1 fully saturated rings. The normalized spacial score (nSPS) is 22.5. The van der Waals surface area contributed by atoms with E-state index >= 15 is 0 Å². The van der Waals surface area contributed by atoms with Gasteiger partial charge in [-0.2, -0.15) is 0 Å². The van der Waals surface area contributed by atoms with Crippen molar-refractivity contribution in [2.24, 2.45) is 17.6 Å². The average molecular weight is 276 g/mol. The summed E-state index contributed by atoms with van der Waals surface area (Å²) < 4.78 is 0. The summed E-state index contributed by atoms with van der Waals surface area (Å²) in [7, 11) is 1.80. The summed E-state index contributed by atoms with van der Waals surface area (Å²) in [6, 6.07) is 7.15. The molecule has 1 aromatic rings. The van der Waals surface area contributed by atoms with Crippen LogP contribution in [0.5, 0.6) is 5.75 Å². The molecule has 0 saturated heterocycles. The van der Waals surface area contributed by atoms with Gasteiger partial charge in [0.05, 0.1) is 0 Å². The van der Waals surface area contributed by atoms with Gasteiger partial charge in [0.25, 0.3) is 0 Å². The zero-order valence-corrected chi connectivity index (χ0v) is 12.1. The van der Waals surface area contributed by atoms with Crippen LogP contribution in [0.15, 0.2) is 24.3 Å². The fourth-order valence-corrected chi connectivity index (χ4v) is 3.08. The molecule has 0 spiro atoms. The van der Waals surface area contributed by atoms with Crippen molar-refractivity contribution in [3.8, 4) is 5.75 Å². The highest BCUT2D eigenvalue weighted by Crippen LogP contribution is 2.31. The van der Waals surface area contributed by atoms with Crippen LogP contribution in [0.3, 0.4) is 0 Å². The van der Waals surface area contributed by atoms with E-state index in [1.807, 2.05) is 12.1 Å². The number of phenols is 1. The quantitative estimate of drug-likeness (QED) is 0.885. The van der Waals surface area contributed by atoms with Crippen molar-refractivity contribution in [2.45, 2.75) is 32.2 Å². The maximum absolute atomic E-state index is 12.6. The van der Waals surface area contributed by atoms with Gasteiger partial charge in [-0.25, -0.2) is 0 Å². The van der Waals surface area contributed by atoms with Crippen molar-refractivity contribution in [1.82, 2.24) is 4.90 Å². The number of carbonyl (C=O) groups is 1. The van der Waals surface area contributed by atoms with E-state index in [1.165, 1.54) is 6.42 Å². The van der Waals surface area contributed by atoms with E-state index < -0.39 is 0 Å². The smallest absolute Gasteiger partial charge is 0.226 e. The molecule has 2 unspecified atom stereocenters. The summed E-state index contributed by atoms with van der Waals surface area (Å²) in [5, 5.41) is 9.79. The first-order chi connectivity index (χ1) is 9.63. The Morgan fingerprint density at radius 2 is 2.05 bits per heavy atom. The van der Waals surface area contributed by atoms with Crippen molar-refractivity contribution < 1.29 is 9.90 Å². The van der Waals surface area contributed by atoms with Crippen molar-refractivity contribution in [3.63, 3.8) is 0 Å². The van der Waals surface area contributed by atoms with Crippen LogP contribution in [0.2, 0.25) is 0 Å². The van der Waals surface area contributed by atoms with Crippen LogP contribution >= 0.6 is 0 Å². The van der Waals surface area contributed by atoms with Gasteiger partial charge in [0.2, 0.25) is 5.91 Å². The first-order valence-corrected chi connectivity index (χ1v) is 7.35. The molecule has 0 bridgehead atoms. The summed E-state index contributed by atoms with van der Waals surface area (Å²) in [5.41, 5.74) is 6.58. The van der Waals surface area contributed by atoms with Gasteiger partial charge in [-0.3, -0.25) is 4.79 Å². The third kappa shape index (κ3) is 3.31. The molecule has 0 radical (unpaired) electrons. The van der Waals surface area contributed by atoms with Gasteiger partial charge in [0, 0.05) is 25.1 Å². The lowest BCUT2D eigenvalue weighted by molar-refractivity contribution is -0.137. The minimum Gasteiger partial charge on any atom is -0.508 e. The average Bonchev–Trinajstić information content (AvgIpc) is 2.48. The lowest BCUT2D eigenvalue weighted by Crippen LogP contribution is -2.40. The number of nitrogens with zero attached hydrogens (tertiary/aromatic N) is 1. The zero-order valence-electron chi connectivity index (χ0n) is 12.1. The number of hydrogen-bond acceptors (Lipinski definition) is 3. The van der Waals surface area contributed by atoms with Gasteiger partial charge < -0.3 is 15.7 Å². The number of amides is 1. The number of para-hydroxylation sites is 1. The molecular formula is C16H24N2O2. The number of benzene rings is 1. The Kier molecular flexibility index (Phi) is 5.01. The van der Waals surface area contributed by atoms with E-state index in [1.54, 1.807) is 24.1 Å². The van der Waals surface area contributed by atoms with E-state index in [-0.39, 0.29) is 17.6 Å². The fraction of sp³-hybridized carbons (Fsp3) is 0.562. The van der Waals surface area contributed by atoms with Crippen molar-refractivity contribution in [2.75, 3.05) is 13.6 Å². The second-order valence-corrected chi connectivity index (χ2v) is 5.71. The van der Waals surface area contributed by atoms with Gasteiger partial charge in [-0.05, 0) is 31.4 Å². The molecule has 2 rings (SSSR count). The Morgan fingerprint density at radius 1 is 1.35 bits per heavy atom. The van der Waals surface area contributed by atoms with Crippen LogP contribution in [-0.4, -0.2) is 29.5 Å². The van der Waals surface area contributed by atoms with Gasteiger partial charge in [-0.15, -0.1) is 0 Å². The Labute approximate surface area is 120 Å². The van der Waals surface area contributed by atoms with Crippen molar-refractivity contribution in [1.29, 1.82) is 0 Å². The predicted octanol–water partition coefficient (Wildman–Crippen LogP) is 2.12. The first-order valence-electron chi connectivity index (χ1n) is 7.35. The van der Waals surface area contributed by atoms with Crippen LogP contribution in [0, 0.1) is 11.8 Å². The SMILES string of the molecule is CN(Cc1ccccc1O)C(=O)C1CCCCC1CN. The Morgan fingerprint density at radius 3 is 2.75 bits per heavy atom. The first kappa shape index (κ1) is 14.9. The second kappa shape index (κ2) is 6.75. The lowest BCUT2D eigenvalue weighted by Gasteiger charge is -2.32. The number of carbonyl (C=O) groups excluding carboxylic acids is 1. The molecule has 110 valence electrons. The fourth-order valence-electron chi connectivity index (χ4n) is 3.08. The third-order valence-electron chi connectivity index (χ3n) is 4.30. The van der Waals surface area contributed by atoms with E-state index in [2.05, 4.69) is 0 Å². The second-order valence-electron chi connectivity index (χ2n) is 5.71. The largest absolute Gasteiger partial charge is 0.508 e. The van der Waals surface area contributed by atoms with Crippen molar-refractivity contribution >= 4 is 5.91 Å². The number of rotatable bonds is 4. The highest BCUT2D eigenvalue weighted by Gasteiger charge is 2.31. The summed E-state index contributed by atoms with van der Waals surface area (Å²) in [4.78, 5) is 14.3. The minimum absolute atomic E-state index is 0.0459. The van der Waals surface area contributed by atoms with E-state index in [4.69, 9.17) is 5.73 Å². The molecule has 1 aliphatic rings. The molecule has 20 heavy (non-hydrogen) atoms. The molecule has 2 atom stereocenters. The van der Waals surface area contributed by atoms with Gasteiger partial charge in [0.1, 0.15) is 5.75 Å². The molecule has 4 heteroatoms. The number of hydrogen-bond donors (Lipinski definition) is 2. The molecule has 1 amide bonds. The molecule has 3 N–H and O–H groups in total. The third-order valence-corrected chi connectivity index (χ3v) is 4.30. The highest BCUT2D eigenvalue weighted by atomic mass is 16.3. The van der Waals surface area contributed by atoms with E-state index in [0.717, 1.165) is 24.8 Å². The Bertz CT molecular complexity index is 462. The van der Waals surface area contributed by atoms with Crippen LogP contribution < -0.4 is 5.73 Å². The maximum atomic E-state index is 12.6.